The van der Waals surface area contributed by atoms with Gasteiger partial charge in [-0.3, -0.25) is 9.69 Å². The van der Waals surface area contributed by atoms with Crippen LogP contribution in [0.25, 0.3) is 0 Å². The standard InChI is InChI=1S/C26H22Cl2N4OS/c27-13-9-10-14(17(28)11-13)21-16(12-29)25-31-24(30)22-15-5-2-1-3-8-20(15)34-26(22)32(25)18-6-4-7-19(33)23(18)21/h9-11,21H,1-8H2,(H2,30,31)/t21-/m0/s1. The van der Waals surface area contributed by atoms with Gasteiger partial charge in [0.1, 0.15) is 10.8 Å². The Morgan fingerprint density at radius 2 is 1.94 bits per heavy atom. The molecule has 2 N–H and O–H groups in total. The lowest BCUT2D eigenvalue weighted by molar-refractivity contribution is -0.116. The topological polar surface area (TPSA) is 82.5 Å². The second kappa shape index (κ2) is 8.27. The van der Waals surface area contributed by atoms with E-state index >= 15 is 0 Å². The molecule has 4 aliphatic rings. The number of nitrogens with two attached hydrogens (primary N) is 1. The van der Waals surface area contributed by atoms with Crippen molar-refractivity contribution in [2.75, 3.05) is 4.90 Å². The number of aryl methyl sites for hydroxylation is 1. The molecule has 172 valence electrons. The van der Waals surface area contributed by atoms with E-state index in [0.29, 0.717) is 44.8 Å². The van der Waals surface area contributed by atoms with E-state index in [2.05, 4.69) is 11.0 Å². The zero-order valence-electron chi connectivity index (χ0n) is 18.5. The Balaban J connectivity index is 1.64. The number of anilines is 1. The fourth-order valence-corrected chi connectivity index (χ4v) is 7.68. The van der Waals surface area contributed by atoms with Crippen molar-refractivity contribution in [2.24, 2.45) is 10.7 Å². The highest BCUT2D eigenvalue weighted by molar-refractivity contribution is 7.17. The summed E-state index contributed by atoms with van der Waals surface area (Å²) in [4.78, 5) is 21.6. The van der Waals surface area contributed by atoms with E-state index in [-0.39, 0.29) is 5.78 Å². The van der Waals surface area contributed by atoms with Crippen LogP contribution in [-0.4, -0.2) is 11.6 Å². The normalized spacial score (nSPS) is 21.8. The van der Waals surface area contributed by atoms with E-state index < -0.39 is 5.92 Å². The highest BCUT2D eigenvalue weighted by Gasteiger charge is 2.45. The number of halogens is 2. The number of nitriles is 1. The van der Waals surface area contributed by atoms with Gasteiger partial charge >= 0.3 is 0 Å². The number of carbonyl (C=O) groups excluding carboxylic acids is 1. The summed E-state index contributed by atoms with van der Waals surface area (Å²) in [5.74, 6) is 0.458. The van der Waals surface area contributed by atoms with E-state index in [4.69, 9.17) is 33.9 Å². The largest absolute Gasteiger partial charge is 0.383 e. The molecule has 34 heavy (non-hydrogen) atoms. The fraction of sp³-hybridized carbons (Fsp3) is 0.346. The predicted molar refractivity (Wildman–Crippen MR) is 137 cm³/mol. The van der Waals surface area contributed by atoms with Gasteiger partial charge in [0, 0.05) is 32.6 Å². The molecule has 2 aromatic rings. The van der Waals surface area contributed by atoms with Crippen LogP contribution >= 0.6 is 34.5 Å². The van der Waals surface area contributed by atoms with Crippen LogP contribution in [0, 0.1) is 11.3 Å². The third kappa shape index (κ3) is 3.18. The highest BCUT2D eigenvalue weighted by Crippen LogP contribution is 2.53. The number of allylic oxidation sites excluding steroid dienone is 3. The van der Waals surface area contributed by atoms with Crippen molar-refractivity contribution in [3.8, 4) is 6.07 Å². The third-order valence-electron chi connectivity index (χ3n) is 7.21. The first-order chi connectivity index (χ1) is 16.5. The van der Waals surface area contributed by atoms with Crippen molar-refractivity contribution in [1.29, 1.82) is 5.26 Å². The molecule has 2 aliphatic carbocycles. The summed E-state index contributed by atoms with van der Waals surface area (Å²) in [5.41, 5.74) is 11.5. The lowest BCUT2D eigenvalue weighted by Crippen LogP contribution is -2.38. The molecular weight excluding hydrogens is 487 g/mol. The van der Waals surface area contributed by atoms with Crippen LogP contribution in [0.15, 0.2) is 45.9 Å². The number of amidine groups is 1. The Morgan fingerprint density at radius 1 is 1.12 bits per heavy atom. The highest BCUT2D eigenvalue weighted by atomic mass is 35.5. The number of benzene rings is 1. The molecule has 1 aromatic heterocycles. The van der Waals surface area contributed by atoms with Crippen LogP contribution in [0.1, 0.15) is 66.0 Å². The summed E-state index contributed by atoms with van der Waals surface area (Å²) in [7, 11) is 0. The number of hydrogen-bond donors (Lipinski definition) is 1. The lowest BCUT2D eigenvalue weighted by atomic mass is 9.75. The number of nitrogens with zero attached hydrogens (tertiary/aromatic N) is 3. The number of ketones is 1. The van der Waals surface area contributed by atoms with Crippen LogP contribution in [0.5, 0.6) is 0 Å². The van der Waals surface area contributed by atoms with Crippen molar-refractivity contribution in [2.45, 2.75) is 57.3 Å². The lowest BCUT2D eigenvalue weighted by Gasteiger charge is -2.41. The van der Waals surface area contributed by atoms with Gasteiger partial charge in [-0.05, 0) is 61.8 Å². The molecule has 6 rings (SSSR count). The average molecular weight is 509 g/mol. The fourth-order valence-electron chi connectivity index (χ4n) is 5.74. The first-order valence-corrected chi connectivity index (χ1v) is 13.2. The van der Waals surface area contributed by atoms with Gasteiger partial charge in [-0.2, -0.15) is 5.26 Å². The minimum absolute atomic E-state index is 0.0614. The van der Waals surface area contributed by atoms with Crippen LogP contribution in [0.3, 0.4) is 0 Å². The molecule has 0 spiro atoms. The SMILES string of the molecule is N#CC1=C2N=C(N)c3c(sc4c3CCCCC4)N2C2=C(C(=O)CCC2)[C@H]1c1ccc(Cl)cc1Cl. The minimum atomic E-state index is -0.584. The molecule has 2 aliphatic heterocycles. The van der Waals surface area contributed by atoms with Crippen molar-refractivity contribution >= 4 is 51.2 Å². The zero-order chi connectivity index (χ0) is 23.6. The Kier molecular flexibility index (Phi) is 5.33. The summed E-state index contributed by atoms with van der Waals surface area (Å²) in [6.45, 7) is 0. The molecule has 8 heteroatoms. The zero-order valence-corrected chi connectivity index (χ0v) is 20.8. The second-order valence-corrected chi connectivity index (χ2v) is 11.1. The number of fused-ring (bicyclic) bond motifs is 6. The Hall–Kier alpha value is -2.59. The number of aliphatic imine (C=N–C) groups is 1. The quantitative estimate of drug-likeness (QED) is 0.452. The number of thiophene rings is 1. The molecule has 0 unspecified atom stereocenters. The van der Waals surface area contributed by atoms with E-state index in [9.17, 15) is 10.1 Å². The molecular formula is C26H22Cl2N4OS. The van der Waals surface area contributed by atoms with Crippen molar-refractivity contribution in [3.63, 3.8) is 0 Å². The van der Waals surface area contributed by atoms with E-state index in [1.54, 1.807) is 23.5 Å². The summed E-state index contributed by atoms with van der Waals surface area (Å²) in [5, 5.41) is 12.3. The maximum absolute atomic E-state index is 13.4. The maximum atomic E-state index is 13.4. The molecule has 5 nitrogen and oxygen atoms in total. The van der Waals surface area contributed by atoms with Crippen molar-refractivity contribution < 1.29 is 4.79 Å². The van der Waals surface area contributed by atoms with Gasteiger partial charge in [0.2, 0.25) is 0 Å². The maximum Gasteiger partial charge on any atom is 0.161 e. The number of hydrogen-bond acceptors (Lipinski definition) is 6. The third-order valence-corrected chi connectivity index (χ3v) is 9.05. The predicted octanol–water partition coefficient (Wildman–Crippen LogP) is 6.39. The second-order valence-electron chi connectivity index (χ2n) is 9.16. The van der Waals surface area contributed by atoms with Gasteiger partial charge in [0.05, 0.1) is 23.1 Å². The first kappa shape index (κ1) is 21.9. The van der Waals surface area contributed by atoms with E-state index in [1.165, 1.54) is 23.3 Å². The van der Waals surface area contributed by atoms with Gasteiger partial charge < -0.3 is 5.73 Å². The van der Waals surface area contributed by atoms with Gasteiger partial charge in [-0.1, -0.05) is 35.7 Å². The average Bonchev–Trinajstić information content (AvgIpc) is 3.02. The Morgan fingerprint density at radius 3 is 2.74 bits per heavy atom. The summed E-state index contributed by atoms with van der Waals surface area (Å²) >= 11 is 14.5. The van der Waals surface area contributed by atoms with Crippen LogP contribution in [0.2, 0.25) is 10.0 Å². The minimum Gasteiger partial charge on any atom is -0.383 e. The molecule has 0 saturated carbocycles. The number of carbonyl (C=O) groups is 1. The van der Waals surface area contributed by atoms with Crippen LogP contribution < -0.4 is 10.6 Å². The molecule has 0 amide bonds. The molecule has 1 aromatic carbocycles. The summed E-state index contributed by atoms with van der Waals surface area (Å²) in [6.07, 6.45) is 7.51. The first-order valence-electron chi connectivity index (χ1n) is 11.6. The van der Waals surface area contributed by atoms with Crippen LogP contribution in [0.4, 0.5) is 5.00 Å². The number of rotatable bonds is 1. The van der Waals surface area contributed by atoms with Gasteiger partial charge in [-0.25, -0.2) is 4.99 Å². The Labute approximate surface area is 212 Å². The van der Waals surface area contributed by atoms with Crippen LogP contribution in [-0.2, 0) is 17.6 Å². The molecule has 0 bridgehead atoms. The van der Waals surface area contributed by atoms with Crippen molar-refractivity contribution in [3.05, 3.63) is 72.5 Å². The van der Waals surface area contributed by atoms with Gasteiger partial charge in [0.15, 0.2) is 11.6 Å². The molecule has 3 heterocycles. The summed E-state index contributed by atoms with van der Waals surface area (Å²) < 4.78 is 0. The molecule has 0 fully saturated rings. The molecule has 0 saturated heterocycles. The van der Waals surface area contributed by atoms with Gasteiger partial charge in [-0.15, -0.1) is 11.3 Å². The van der Waals surface area contributed by atoms with Crippen molar-refractivity contribution in [1.82, 2.24) is 0 Å². The Bertz CT molecular complexity index is 1390. The molecule has 0 radical (unpaired) electrons. The number of Topliss-reactive ketones (excluding diaryl/α,β-unsaturated/α-hetero) is 1. The smallest absolute Gasteiger partial charge is 0.161 e. The summed E-state index contributed by atoms with van der Waals surface area (Å²) in [6, 6.07) is 7.58. The monoisotopic (exact) mass is 508 g/mol. The van der Waals surface area contributed by atoms with E-state index in [1.807, 2.05) is 6.07 Å². The molecule has 1 atom stereocenters. The van der Waals surface area contributed by atoms with E-state index in [0.717, 1.165) is 48.4 Å². The van der Waals surface area contributed by atoms with Gasteiger partial charge in [0.25, 0.3) is 0 Å².